The summed E-state index contributed by atoms with van der Waals surface area (Å²) in [5.74, 6) is -0.351. The van der Waals surface area contributed by atoms with Gasteiger partial charge in [0, 0.05) is 31.4 Å². The van der Waals surface area contributed by atoms with Gasteiger partial charge < -0.3 is 9.30 Å². The van der Waals surface area contributed by atoms with Crippen molar-refractivity contribution in [1.29, 1.82) is 0 Å². The predicted molar refractivity (Wildman–Crippen MR) is 122 cm³/mol. The maximum absolute atomic E-state index is 13.7. The molecule has 0 bridgehead atoms. The van der Waals surface area contributed by atoms with Gasteiger partial charge in [-0.3, -0.25) is 9.78 Å². The van der Waals surface area contributed by atoms with Gasteiger partial charge in [-0.05, 0) is 50.8 Å². The fourth-order valence-electron chi connectivity index (χ4n) is 4.38. The Morgan fingerprint density at radius 3 is 2.78 bits per heavy atom. The van der Waals surface area contributed by atoms with E-state index in [1.807, 2.05) is 35.5 Å². The van der Waals surface area contributed by atoms with Crippen LogP contribution in [0, 0.1) is 19.7 Å². The number of carbonyl (C=O) groups excluding carboxylic acids is 1. The molecule has 0 saturated carbocycles. The van der Waals surface area contributed by atoms with Gasteiger partial charge in [-0.2, -0.15) is 0 Å². The lowest BCUT2D eigenvalue weighted by Gasteiger charge is -2.35. The molecule has 0 unspecified atom stereocenters. The predicted octanol–water partition coefficient (Wildman–Crippen LogP) is 4.85. The van der Waals surface area contributed by atoms with Gasteiger partial charge in [-0.1, -0.05) is 12.1 Å². The Morgan fingerprint density at radius 1 is 1.16 bits per heavy atom. The maximum atomic E-state index is 13.7. The Balaban J connectivity index is 1.43. The van der Waals surface area contributed by atoms with E-state index in [1.54, 1.807) is 18.3 Å². The number of hydrogen-bond donors (Lipinski definition) is 0. The zero-order valence-electron chi connectivity index (χ0n) is 18.1. The number of aryl methyl sites for hydroxylation is 2. The first-order chi connectivity index (χ1) is 15.5. The van der Waals surface area contributed by atoms with Crippen molar-refractivity contribution in [1.82, 2.24) is 24.3 Å². The first kappa shape index (κ1) is 20.8. The average Bonchev–Trinajstić information content (AvgIpc) is 3.36. The van der Waals surface area contributed by atoms with Crippen molar-refractivity contribution < 1.29 is 9.18 Å². The molecule has 1 aliphatic heterocycles. The number of carbonyl (C=O) groups is 1. The van der Waals surface area contributed by atoms with E-state index < -0.39 is 0 Å². The van der Waals surface area contributed by atoms with Crippen molar-refractivity contribution >= 4 is 22.9 Å². The lowest BCUT2D eigenvalue weighted by molar-refractivity contribution is 0.0608. The number of nitrogens with zero attached hydrogens (tertiary/aromatic N) is 5. The first-order valence-corrected chi connectivity index (χ1v) is 11.6. The molecule has 1 atom stereocenters. The minimum Gasteiger partial charge on any atom is -0.334 e. The fraction of sp³-hybridized carbons (Fsp3) is 0.333. The zero-order chi connectivity index (χ0) is 22.2. The van der Waals surface area contributed by atoms with Crippen LogP contribution in [0.5, 0.6) is 0 Å². The van der Waals surface area contributed by atoms with Gasteiger partial charge in [-0.15, -0.1) is 11.3 Å². The Labute approximate surface area is 189 Å². The standard InChI is InChI=1S/C24H24FN5OS/c1-15-13-29-14-19(28-21(29)12-26-15)11-20-5-3-4-10-30(20)24(31)22-23(32-16(2)27-22)17-6-8-18(25)9-7-17/h6-9,12-14,20H,3-5,10-11H2,1-2H3/t20-/m0/s1. The zero-order valence-corrected chi connectivity index (χ0v) is 18.9. The highest BCUT2D eigenvalue weighted by atomic mass is 32.1. The highest BCUT2D eigenvalue weighted by molar-refractivity contribution is 7.15. The molecule has 1 amide bonds. The molecule has 1 aromatic carbocycles. The van der Waals surface area contributed by atoms with E-state index in [-0.39, 0.29) is 17.8 Å². The van der Waals surface area contributed by atoms with Crippen molar-refractivity contribution in [2.24, 2.45) is 0 Å². The Morgan fingerprint density at radius 2 is 1.97 bits per heavy atom. The second-order valence-corrected chi connectivity index (χ2v) is 9.50. The van der Waals surface area contributed by atoms with E-state index in [4.69, 9.17) is 4.98 Å². The van der Waals surface area contributed by atoms with Gasteiger partial charge in [0.2, 0.25) is 0 Å². The van der Waals surface area contributed by atoms with Crippen LogP contribution in [-0.2, 0) is 6.42 Å². The molecular weight excluding hydrogens is 425 g/mol. The van der Waals surface area contributed by atoms with Crippen molar-refractivity contribution in [3.63, 3.8) is 0 Å². The molecule has 32 heavy (non-hydrogen) atoms. The van der Waals surface area contributed by atoms with Crippen LogP contribution in [-0.4, -0.2) is 42.7 Å². The van der Waals surface area contributed by atoms with Gasteiger partial charge >= 0.3 is 0 Å². The normalized spacial score (nSPS) is 16.6. The van der Waals surface area contributed by atoms with E-state index in [2.05, 4.69) is 9.97 Å². The smallest absolute Gasteiger partial charge is 0.274 e. The average molecular weight is 450 g/mol. The highest BCUT2D eigenvalue weighted by Crippen LogP contribution is 2.33. The maximum Gasteiger partial charge on any atom is 0.274 e. The van der Waals surface area contributed by atoms with Crippen molar-refractivity contribution in [2.45, 2.75) is 45.6 Å². The minimum absolute atomic E-state index is 0.0559. The van der Waals surface area contributed by atoms with Crippen LogP contribution in [0.3, 0.4) is 0 Å². The summed E-state index contributed by atoms with van der Waals surface area (Å²) in [5, 5.41) is 0.824. The second-order valence-electron chi connectivity index (χ2n) is 8.30. The van der Waals surface area contributed by atoms with E-state index in [9.17, 15) is 9.18 Å². The summed E-state index contributed by atoms with van der Waals surface area (Å²) in [6, 6.07) is 6.32. The molecule has 164 valence electrons. The summed E-state index contributed by atoms with van der Waals surface area (Å²) < 4.78 is 15.4. The molecule has 8 heteroatoms. The van der Waals surface area contributed by atoms with Gasteiger partial charge in [0.15, 0.2) is 5.65 Å². The van der Waals surface area contributed by atoms with E-state index >= 15 is 0 Å². The number of imidazole rings is 1. The lowest BCUT2D eigenvalue weighted by Crippen LogP contribution is -2.45. The molecule has 6 nitrogen and oxygen atoms in total. The SMILES string of the molecule is Cc1cn2cc(C[C@@H]3CCCCN3C(=O)c3nc(C)sc3-c3ccc(F)cc3)nc2cn1. The number of likely N-dealkylation sites (tertiary alicyclic amines) is 1. The summed E-state index contributed by atoms with van der Waals surface area (Å²) in [6.45, 7) is 4.56. The van der Waals surface area contributed by atoms with Crippen LogP contribution in [0.2, 0.25) is 0 Å². The third kappa shape index (κ3) is 4.02. The molecule has 1 fully saturated rings. The van der Waals surface area contributed by atoms with E-state index in [1.165, 1.54) is 23.5 Å². The topological polar surface area (TPSA) is 63.4 Å². The molecule has 0 radical (unpaired) electrons. The van der Waals surface area contributed by atoms with Crippen molar-refractivity contribution in [3.05, 3.63) is 70.8 Å². The summed E-state index contributed by atoms with van der Waals surface area (Å²) in [7, 11) is 0. The van der Waals surface area contributed by atoms with Gasteiger partial charge in [0.1, 0.15) is 11.5 Å². The lowest BCUT2D eigenvalue weighted by atomic mass is 9.97. The largest absolute Gasteiger partial charge is 0.334 e. The van der Waals surface area contributed by atoms with Crippen LogP contribution >= 0.6 is 11.3 Å². The number of amides is 1. The van der Waals surface area contributed by atoms with E-state index in [0.717, 1.165) is 51.7 Å². The number of thiazole rings is 1. The summed E-state index contributed by atoms with van der Waals surface area (Å²) in [5.41, 5.74) is 3.98. The molecule has 5 rings (SSSR count). The monoisotopic (exact) mass is 449 g/mol. The summed E-state index contributed by atoms with van der Waals surface area (Å²) >= 11 is 1.47. The number of aromatic nitrogens is 4. The Hall–Kier alpha value is -3.13. The van der Waals surface area contributed by atoms with Crippen LogP contribution in [0.1, 0.15) is 46.1 Å². The summed E-state index contributed by atoms with van der Waals surface area (Å²) in [4.78, 5) is 30.0. The minimum atomic E-state index is -0.295. The number of rotatable bonds is 4. The molecule has 0 N–H and O–H groups in total. The third-order valence-corrected chi connectivity index (χ3v) is 6.92. The van der Waals surface area contributed by atoms with Gasteiger partial charge in [-0.25, -0.2) is 14.4 Å². The number of fused-ring (bicyclic) bond motifs is 1. The number of benzene rings is 1. The van der Waals surface area contributed by atoms with Crippen molar-refractivity contribution in [2.75, 3.05) is 6.54 Å². The van der Waals surface area contributed by atoms with Crippen LogP contribution in [0.4, 0.5) is 4.39 Å². The van der Waals surface area contributed by atoms with Gasteiger partial charge in [0.25, 0.3) is 5.91 Å². The number of piperidine rings is 1. The third-order valence-electron chi connectivity index (χ3n) is 5.90. The molecule has 0 spiro atoms. The first-order valence-electron chi connectivity index (χ1n) is 10.8. The highest BCUT2D eigenvalue weighted by Gasteiger charge is 2.31. The molecule has 4 heterocycles. The molecule has 3 aromatic heterocycles. The molecule has 1 saturated heterocycles. The van der Waals surface area contributed by atoms with Gasteiger partial charge in [0.05, 0.1) is 27.5 Å². The fourth-order valence-corrected chi connectivity index (χ4v) is 5.29. The number of halogens is 1. The number of hydrogen-bond acceptors (Lipinski definition) is 5. The van der Waals surface area contributed by atoms with E-state index in [0.29, 0.717) is 18.7 Å². The molecular formula is C24H24FN5OS. The van der Waals surface area contributed by atoms with Crippen LogP contribution in [0.25, 0.3) is 16.1 Å². The molecule has 4 aromatic rings. The molecule has 0 aliphatic carbocycles. The second kappa shape index (κ2) is 8.43. The Kier molecular flexibility index (Phi) is 5.46. The van der Waals surface area contributed by atoms with Crippen LogP contribution in [0.15, 0.2) is 42.9 Å². The van der Waals surface area contributed by atoms with Crippen LogP contribution < -0.4 is 0 Å². The Bertz CT molecular complexity index is 1280. The van der Waals surface area contributed by atoms with Crippen molar-refractivity contribution in [3.8, 4) is 10.4 Å². The quantitative estimate of drug-likeness (QED) is 0.447. The molecule has 1 aliphatic rings. The summed E-state index contributed by atoms with van der Waals surface area (Å²) in [6.07, 6.45) is 9.46.